The van der Waals surface area contributed by atoms with Crippen molar-refractivity contribution in [2.24, 2.45) is 0 Å². The standard InChI is InChI=1S/C14H14N4/c1-9-3-5-11(6-4-9)14-16-13-8-7-12(15)10(2)18(13)17-14/h3-8H,15H2,1-2H3. The van der Waals surface area contributed by atoms with E-state index >= 15 is 0 Å². The number of benzene rings is 1. The number of anilines is 1. The van der Waals surface area contributed by atoms with E-state index < -0.39 is 0 Å². The number of aryl methyl sites for hydroxylation is 2. The van der Waals surface area contributed by atoms with Crippen LogP contribution in [0.5, 0.6) is 0 Å². The fraction of sp³-hybridized carbons (Fsp3) is 0.143. The molecule has 18 heavy (non-hydrogen) atoms. The second-order valence-electron chi connectivity index (χ2n) is 4.45. The van der Waals surface area contributed by atoms with Gasteiger partial charge in [0.25, 0.3) is 0 Å². The van der Waals surface area contributed by atoms with E-state index in [4.69, 9.17) is 5.73 Å². The molecule has 0 atom stereocenters. The van der Waals surface area contributed by atoms with E-state index in [1.54, 1.807) is 4.52 Å². The van der Waals surface area contributed by atoms with Gasteiger partial charge in [0, 0.05) is 5.56 Å². The number of hydrogen-bond acceptors (Lipinski definition) is 3. The molecule has 4 nitrogen and oxygen atoms in total. The highest BCUT2D eigenvalue weighted by molar-refractivity contribution is 5.60. The molecule has 90 valence electrons. The van der Waals surface area contributed by atoms with E-state index in [1.807, 2.05) is 31.2 Å². The molecular weight excluding hydrogens is 224 g/mol. The molecule has 0 saturated heterocycles. The van der Waals surface area contributed by atoms with Crippen molar-refractivity contribution in [3.63, 3.8) is 0 Å². The molecule has 0 aliphatic carbocycles. The third-order valence-corrected chi connectivity index (χ3v) is 3.09. The molecule has 0 aliphatic heterocycles. The molecular formula is C14H14N4. The van der Waals surface area contributed by atoms with Crippen molar-refractivity contribution in [1.82, 2.24) is 14.6 Å². The van der Waals surface area contributed by atoms with Gasteiger partial charge in [-0.05, 0) is 26.0 Å². The SMILES string of the molecule is Cc1ccc(-c2nc3ccc(N)c(C)n3n2)cc1. The zero-order valence-electron chi connectivity index (χ0n) is 10.4. The molecule has 0 aliphatic rings. The van der Waals surface area contributed by atoms with Crippen LogP contribution in [0.2, 0.25) is 0 Å². The van der Waals surface area contributed by atoms with Gasteiger partial charge in [-0.25, -0.2) is 9.50 Å². The first-order valence-electron chi connectivity index (χ1n) is 5.84. The number of fused-ring (bicyclic) bond motifs is 1. The third kappa shape index (κ3) is 1.62. The Hall–Kier alpha value is -2.36. The highest BCUT2D eigenvalue weighted by Crippen LogP contribution is 2.19. The molecule has 0 saturated carbocycles. The second-order valence-corrected chi connectivity index (χ2v) is 4.45. The van der Waals surface area contributed by atoms with Crippen molar-refractivity contribution in [3.05, 3.63) is 47.7 Å². The van der Waals surface area contributed by atoms with Gasteiger partial charge in [0.05, 0.1) is 11.4 Å². The number of pyridine rings is 1. The molecule has 0 radical (unpaired) electrons. The smallest absolute Gasteiger partial charge is 0.182 e. The molecule has 0 amide bonds. The predicted octanol–water partition coefficient (Wildman–Crippen LogP) is 2.60. The number of hydrogen-bond donors (Lipinski definition) is 1. The quantitative estimate of drug-likeness (QED) is 0.709. The van der Waals surface area contributed by atoms with Crippen LogP contribution in [-0.2, 0) is 0 Å². The van der Waals surface area contributed by atoms with Crippen LogP contribution in [-0.4, -0.2) is 14.6 Å². The highest BCUT2D eigenvalue weighted by atomic mass is 15.3. The van der Waals surface area contributed by atoms with E-state index in [-0.39, 0.29) is 0 Å². The molecule has 0 spiro atoms. The Morgan fingerprint density at radius 2 is 1.72 bits per heavy atom. The van der Waals surface area contributed by atoms with Crippen molar-refractivity contribution < 1.29 is 0 Å². The number of nitrogens with zero attached hydrogens (tertiary/aromatic N) is 3. The molecule has 2 heterocycles. The van der Waals surface area contributed by atoms with E-state index in [9.17, 15) is 0 Å². The summed E-state index contributed by atoms with van der Waals surface area (Å²) in [7, 11) is 0. The molecule has 0 unspecified atom stereocenters. The van der Waals surface area contributed by atoms with Crippen LogP contribution in [0.4, 0.5) is 5.69 Å². The normalized spacial score (nSPS) is 11.0. The Balaban J connectivity index is 2.19. The van der Waals surface area contributed by atoms with E-state index in [1.165, 1.54) is 5.56 Å². The summed E-state index contributed by atoms with van der Waals surface area (Å²) < 4.78 is 1.78. The molecule has 4 heteroatoms. The van der Waals surface area contributed by atoms with Crippen molar-refractivity contribution in [2.45, 2.75) is 13.8 Å². The molecule has 3 aromatic rings. The van der Waals surface area contributed by atoms with Crippen molar-refractivity contribution in [1.29, 1.82) is 0 Å². The largest absolute Gasteiger partial charge is 0.397 e. The van der Waals surface area contributed by atoms with E-state index in [0.29, 0.717) is 0 Å². The maximum absolute atomic E-state index is 5.87. The Kier molecular flexibility index (Phi) is 2.30. The summed E-state index contributed by atoms with van der Waals surface area (Å²) in [6.07, 6.45) is 0. The van der Waals surface area contributed by atoms with Gasteiger partial charge < -0.3 is 5.73 Å². The van der Waals surface area contributed by atoms with Gasteiger partial charge in [-0.2, -0.15) is 0 Å². The summed E-state index contributed by atoms with van der Waals surface area (Å²) in [5.41, 5.74) is 10.6. The van der Waals surface area contributed by atoms with Crippen LogP contribution in [0.25, 0.3) is 17.0 Å². The minimum absolute atomic E-state index is 0.725. The predicted molar refractivity (Wildman–Crippen MR) is 72.3 cm³/mol. The van der Waals surface area contributed by atoms with Crippen LogP contribution in [0, 0.1) is 13.8 Å². The van der Waals surface area contributed by atoms with E-state index in [0.717, 1.165) is 28.4 Å². The number of aromatic nitrogens is 3. The summed E-state index contributed by atoms with van der Waals surface area (Å²) >= 11 is 0. The average Bonchev–Trinajstić information content (AvgIpc) is 2.80. The lowest BCUT2D eigenvalue weighted by atomic mass is 10.1. The lowest BCUT2D eigenvalue weighted by molar-refractivity contribution is 0.922. The third-order valence-electron chi connectivity index (χ3n) is 3.09. The zero-order valence-corrected chi connectivity index (χ0v) is 10.4. The Morgan fingerprint density at radius 3 is 2.44 bits per heavy atom. The molecule has 0 fully saturated rings. The minimum atomic E-state index is 0.725. The van der Waals surface area contributed by atoms with Crippen LogP contribution in [0.1, 0.15) is 11.3 Å². The van der Waals surface area contributed by atoms with Gasteiger partial charge in [-0.3, -0.25) is 0 Å². The minimum Gasteiger partial charge on any atom is -0.397 e. The topological polar surface area (TPSA) is 56.2 Å². The number of nitrogen functional groups attached to an aromatic ring is 1. The first kappa shape index (κ1) is 10.8. The molecule has 3 rings (SSSR count). The fourth-order valence-electron chi connectivity index (χ4n) is 1.91. The lowest BCUT2D eigenvalue weighted by Gasteiger charge is -2.00. The number of nitrogens with two attached hydrogens (primary N) is 1. The Bertz CT molecular complexity index is 710. The summed E-state index contributed by atoms with van der Waals surface area (Å²) in [6, 6.07) is 11.9. The monoisotopic (exact) mass is 238 g/mol. The molecule has 1 aromatic carbocycles. The van der Waals surface area contributed by atoms with Crippen LogP contribution in [0.3, 0.4) is 0 Å². The van der Waals surface area contributed by atoms with Crippen LogP contribution >= 0.6 is 0 Å². The number of rotatable bonds is 1. The highest BCUT2D eigenvalue weighted by Gasteiger charge is 2.08. The van der Waals surface area contributed by atoms with Gasteiger partial charge in [0.2, 0.25) is 0 Å². The summed E-state index contributed by atoms with van der Waals surface area (Å²) in [6.45, 7) is 4.00. The van der Waals surface area contributed by atoms with Crippen LogP contribution in [0.15, 0.2) is 36.4 Å². The lowest BCUT2D eigenvalue weighted by Crippen LogP contribution is -1.98. The Labute approximate surface area is 105 Å². The second kappa shape index (κ2) is 3.84. The first-order chi connectivity index (χ1) is 8.65. The van der Waals surface area contributed by atoms with E-state index in [2.05, 4.69) is 29.1 Å². The molecule has 2 N–H and O–H groups in total. The van der Waals surface area contributed by atoms with Crippen molar-refractivity contribution in [3.8, 4) is 11.4 Å². The van der Waals surface area contributed by atoms with Crippen LogP contribution < -0.4 is 5.73 Å². The summed E-state index contributed by atoms with van der Waals surface area (Å²) in [5, 5.41) is 4.50. The summed E-state index contributed by atoms with van der Waals surface area (Å²) in [4.78, 5) is 4.51. The summed E-state index contributed by atoms with van der Waals surface area (Å²) in [5.74, 6) is 0.726. The maximum atomic E-state index is 5.87. The fourth-order valence-corrected chi connectivity index (χ4v) is 1.91. The first-order valence-corrected chi connectivity index (χ1v) is 5.84. The molecule has 0 bridgehead atoms. The van der Waals surface area contributed by atoms with Gasteiger partial charge in [0.15, 0.2) is 11.5 Å². The van der Waals surface area contributed by atoms with Gasteiger partial charge >= 0.3 is 0 Å². The average molecular weight is 238 g/mol. The maximum Gasteiger partial charge on any atom is 0.182 e. The van der Waals surface area contributed by atoms with Gasteiger partial charge in [-0.1, -0.05) is 29.8 Å². The van der Waals surface area contributed by atoms with Gasteiger partial charge in [0.1, 0.15) is 0 Å². The van der Waals surface area contributed by atoms with Crippen molar-refractivity contribution in [2.75, 3.05) is 5.73 Å². The molecule has 2 aromatic heterocycles. The van der Waals surface area contributed by atoms with Gasteiger partial charge in [-0.15, -0.1) is 5.10 Å². The van der Waals surface area contributed by atoms with Crippen molar-refractivity contribution >= 4 is 11.3 Å². The Morgan fingerprint density at radius 1 is 1.00 bits per heavy atom. The zero-order chi connectivity index (χ0) is 12.7.